The SMILES string of the molecule is Cc1ccc(C2C=c3scnc3=CC2)nn1. The molecule has 0 radical (unpaired) electrons. The Labute approximate surface area is 97.2 Å². The van der Waals surface area contributed by atoms with E-state index >= 15 is 0 Å². The molecular formula is C12H11N3S. The topological polar surface area (TPSA) is 38.7 Å². The first-order valence-corrected chi connectivity index (χ1v) is 6.13. The van der Waals surface area contributed by atoms with E-state index in [4.69, 9.17) is 0 Å². The van der Waals surface area contributed by atoms with Gasteiger partial charge >= 0.3 is 0 Å². The van der Waals surface area contributed by atoms with Crippen LogP contribution in [0.4, 0.5) is 0 Å². The fourth-order valence-electron chi connectivity index (χ4n) is 1.84. The fourth-order valence-corrected chi connectivity index (χ4v) is 2.62. The third-order valence-corrected chi connectivity index (χ3v) is 3.55. The third kappa shape index (κ3) is 1.65. The number of hydrogen-bond donors (Lipinski definition) is 0. The zero-order valence-electron chi connectivity index (χ0n) is 8.92. The number of fused-ring (bicyclic) bond motifs is 1. The van der Waals surface area contributed by atoms with Gasteiger partial charge in [0.25, 0.3) is 0 Å². The van der Waals surface area contributed by atoms with E-state index in [0.29, 0.717) is 5.92 Å². The Bertz CT molecular complexity index is 612. The van der Waals surface area contributed by atoms with Crippen LogP contribution in [0.1, 0.15) is 23.7 Å². The van der Waals surface area contributed by atoms with Crippen LogP contribution in [0.25, 0.3) is 12.2 Å². The Balaban J connectivity index is 2.02. The van der Waals surface area contributed by atoms with Crippen LogP contribution in [0.5, 0.6) is 0 Å². The third-order valence-electron chi connectivity index (χ3n) is 2.74. The van der Waals surface area contributed by atoms with Crippen LogP contribution < -0.4 is 9.88 Å². The van der Waals surface area contributed by atoms with Crippen LogP contribution in [-0.2, 0) is 0 Å². The number of hydrogen-bond acceptors (Lipinski definition) is 4. The Morgan fingerprint density at radius 1 is 1.31 bits per heavy atom. The summed E-state index contributed by atoms with van der Waals surface area (Å²) in [6, 6.07) is 4.07. The molecule has 4 heteroatoms. The van der Waals surface area contributed by atoms with Gasteiger partial charge in [0.15, 0.2) is 0 Å². The van der Waals surface area contributed by atoms with E-state index in [1.54, 1.807) is 11.3 Å². The van der Waals surface area contributed by atoms with E-state index in [9.17, 15) is 0 Å². The molecule has 0 N–H and O–H groups in total. The highest BCUT2D eigenvalue weighted by atomic mass is 32.1. The van der Waals surface area contributed by atoms with Gasteiger partial charge < -0.3 is 0 Å². The first kappa shape index (κ1) is 9.66. The molecule has 0 fully saturated rings. The molecule has 1 aliphatic carbocycles. The summed E-state index contributed by atoms with van der Waals surface area (Å²) in [7, 11) is 0. The maximum Gasteiger partial charge on any atom is 0.0805 e. The van der Waals surface area contributed by atoms with Gasteiger partial charge in [-0.25, -0.2) is 4.98 Å². The second-order valence-corrected chi connectivity index (χ2v) is 4.80. The predicted octanol–water partition coefficient (Wildman–Crippen LogP) is 0.990. The zero-order chi connectivity index (χ0) is 11.0. The van der Waals surface area contributed by atoms with E-state index in [1.165, 1.54) is 4.53 Å². The fraction of sp³-hybridized carbons (Fsp3) is 0.250. The Hall–Kier alpha value is -1.55. The van der Waals surface area contributed by atoms with Crippen LogP contribution in [0, 0.1) is 6.92 Å². The monoisotopic (exact) mass is 229 g/mol. The minimum atomic E-state index is 0.348. The molecule has 1 atom stereocenters. The van der Waals surface area contributed by atoms with Gasteiger partial charge in [0.2, 0.25) is 0 Å². The molecule has 16 heavy (non-hydrogen) atoms. The van der Waals surface area contributed by atoms with Crippen molar-refractivity contribution in [3.05, 3.63) is 38.9 Å². The van der Waals surface area contributed by atoms with Gasteiger partial charge in [-0.15, -0.1) is 11.3 Å². The van der Waals surface area contributed by atoms with Crippen molar-refractivity contribution in [1.29, 1.82) is 0 Å². The van der Waals surface area contributed by atoms with Crippen molar-refractivity contribution in [3.63, 3.8) is 0 Å². The highest BCUT2D eigenvalue weighted by Crippen LogP contribution is 2.20. The molecule has 1 unspecified atom stereocenters. The lowest BCUT2D eigenvalue weighted by Gasteiger charge is -2.10. The van der Waals surface area contributed by atoms with E-state index in [2.05, 4.69) is 33.4 Å². The number of aryl methyl sites for hydroxylation is 1. The average molecular weight is 229 g/mol. The molecule has 3 nitrogen and oxygen atoms in total. The van der Waals surface area contributed by atoms with Gasteiger partial charge in [-0.1, -0.05) is 12.2 Å². The van der Waals surface area contributed by atoms with Crippen molar-refractivity contribution < 1.29 is 0 Å². The number of nitrogens with zero attached hydrogens (tertiary/aromatic N) is 3. The van der Waals surface area contributed by atoms with Gasteiger partial charge in [-0.3, -0.25) is 0 Å². The second kappa shape index (κ2) is 3.79. The predicted molar refractivity (Wildman–Crippen MR) is 64.4 cm³/mol. The van der Waals surface area contributed by atoms with Gasteiger partial charge in [0.05, 0.1) is 26.8 Å². The molecule has 0 spiro atoms. The summed E-state index contributed by atoms with van der Waals surface area (Å²) in [6.07, 6.45) is 5.39. The van der Waals surface area contributed by atoms with Crippen LogP contribution in [0.3, 0.4) is 0 Å². The largest absolute Gasteiger partial charge is 0.245 e. The highest BCUT2D eigenvalue weighted by Gasteiger charge is 2.12. The minimum Gasteiger partial charge on any atom is -0.245 e. The molecule has 3 rings (SSSR count). The number of aromatic nitrogens is 3. The normalized spacial score (nSPS) is 18.4. The molecule has 2 aromatic heterocycles. The summed E-state index contributed by atoms with van der Waals surface area (Å²) in [5.41, 5.74) is 3.89. The smallest absolute Gasteiger partial charge is 0.0805 e. The second-order valence-electron chi connectivity index (χ2n) is 3.91. The Kier molecular flexibility index (Phi) is 2.29. The summed E-state index contributed by atoms with van der Waals surface area (Å²) in [4.78, 5) is 4.29. The summed E-state index contributed by atoms with van der Waals surface area (Å²) in [5, 5.41) is 9.46. The maximum atomic E-state index is 4.29. The van der Waals surface area contributed by atoms with E-state index in [1.807, 2.05) is 18.5 Å². The summed E-state index contributed by atoms with van der Waals surface area (Å²) in [6.45, 7) is 1.95. The standard InChI is InChI=1S/C12H11N3S/c1-8-2-4-10(15-14-8)9-3-5-11-12(6-9)16-7-13-11/h2,4-7,9H,3H2,1H3. The van der Waals surface area contributed by atoms with Crippen LogP contribution in [-0.4, -0.2) is 15.2 Å². The number of rotatable bonds is 1. The van der Waals surface area contributed by atoms with Crippen molar-refractivity contribution in [2.45, 2.75) is 19.3 Å². The molecule has 0 amide bonds. The summed E-state index contributed by atoms with van der Waals surface area (Å²) < 4.78 is 1.25. The van der Waals surface area contributed by atoms with Crippen molar-refractivity contribution in [3.8, 4) is 0 Å². The van der Waals surface area contributed by atoms with E-state index in [0.717, 1.165) is 23.2 Å². The zero-order valence-corrected chi connectivity index (χ0v) is 9.74. The highest BCUT2D eigenvalue weighted by molar-refractivity contribution is 7.07. The lowest BCUT2D eigenvalue weighted by molar-refractivity contribution is 0.815. The Morgan fingerprint density at radius 2 is 2.25 bits per heavy atom. The molecule has 1 aliphatic rings. The van der Waals surface area contributed by atoms with Gasteiger partial charge in [0.1, 0.15) is 0 Å². The van der Waals surface area contributed by atoms with Crippen molar-refractivity contribution in [2.75, 3.05) is 0 Å². The Morgan fingerprint density at radius 3 is 3.06 bits per heavy atom. The first-order chi connectivity index (χ1) is 7.83. The molecule has 2 heterocycles. The van der Waals surface area contributed by atoms with E-state index < -0.39 is 0 Å². The van der Waals surface area contributed by atoms with Crippen LogP contribution >= 0.6 is 11.3 Å². The lowest BCUT2D eigenvalue weighted by Crippen LogP contribution is -2.25. The maximum absolute atomic E-state index is 4.29. The summed E-state index contributed by atoms with van der Waals surface area (Å²) >= 11 is 1.68. The molecule has 0 aromatic carbocycles. The molecule has 0 bridgehead atoms. The van der Waals surface area contributed by atoms with E-state index in [-0.39, 0.29) is 0 Å². The van der Waals surface area contributed by atoms with Crippen LogP contribution in [0.15, 0.2) is 17.6 Å². The van der Waals surface area contributed by atoms with Crippen molar-refractivity contribution in [2.24, 2.45) is 0 Å². The summed E-state index contributed by atoms with van der Waals surface area (Å²) in [5.74, 6) is 0.348. The van der Waals surface area contributed by atoms with Crippen molar-refractivity contribution in [1.82, 2.24) is 15.2 Å². The average Bonchev–Trinajstić information content (AvgIpc) is 2.77. The molecule has 80 valence electrons. The quantitative estimate of drug-likeness (QED) is 0.732. The molecule has 0 saturated carbocycles. The molecular weight excluding hydrogens is 218 g/mol. The van der Waals surface area contributed by atoms with Gasteiger partial charge in [0, 0.05) is 5.92 Å². The molecule has 0 saturated heterocycles. The van der Waals surface area contributed by atoms with Gasteiger partial charge in [-0.05, 0) is 25.5 Å². The van der Waals surface area contributed by atoms with Crippen molar-refractivity contribution >= 4 is 23.5 Å². The van der Waals surface area contributed by atoms with Crippen LogP contribution in [0.2, 0.25) is 0 Å². The lowest BCUT2D eigenvalue weighted by atomic mass is 9.98. The number of thiazole rings is 1. The van der Waals surface area contributed by atoms with Gasteiger partial charge in [-0.2, -0.15) is 10.2 Å². The molecule has 0 aliphatic heterocycles. The first-order valence-electron chi connectivity index (χ1n) is 5.25. The molecule has 2 aromatic rings. The minimum absolute atomic E-state index is 0.348.